The predicted molar refractivity (Wildman–Crippen MR) is 111 cm³/mol. The Labute approximate surface area is 171 Å². The van der Waals surface area contributed by atoms with Gasteiger partial charge in [-0.05, 0) is 62.0 Å². The zero-order valence-electron chi connectivity index (χ0n) is 17.1. The summed E-state index contributed by atoms with van der Waals surface area (Å²) in [5, 5.41) is 9.49. The van der Waals surface area contributed by atoms with E-state index in [4.69, 9.17) is 4.74 Å². The number of ether oxygens (including phenoxy) is 1. The highest BCUT2D eigenvalue weighted by Crippen LogP contribution is 2.34. The van der Waals surface area contributed by atoms with Crippen molar-refractivity contribution in [2.24, 2.45) is 0 Å². The summed E-state index contributed by atoms with van der Waals surface area (Å²) in [6.07, 6.45) is 1.57. The maximum absolute atomic E-state index is 13.7. The van der Waals surface area contributed by atoms with E-state index in [0.717, 1.165) is 42.8 Å². The van der Waals surface area contributed by atoms with Crippen molar-refractivity contribution in [1.82, 2.24) is 9.80 Å². The van der Waals surface area contributed by atoms with Gasteiger partial charge in [-0.3, -0.25) is 0 Å². The van der Waals surface area contributed by atoms with Gasteiger partial charge >= 0.3 is 6.09 Å². The van der Waals surface area contributed by atoms with Gasteiger partial charge in [0.25, 0.3) is 0 Å². The van der Waals surface area contributed by atoms with Crippen molar-refractivity contribution in [3.63, 3.8) is 0 Å². The molecule has 29 heavy (non-hydrogen) atoms. The normalized spacial score (nSPS) is 16.4. The number of benzene rings is 2. The lowest BCUT2D eigenvalue weighted by Gasteiger charge is -2.37. The average molecular weight is 400 g/mol. The number of piperidine rings is 1. The van der Waals surface area contributed by atoms with Gasteiger partial charge in [0.05, 0.1) is 13.2 Å². The third-order valence-electron chi connectivity index (χ3n) is 5.85. The van der Waals surface area contributed by atoms with E-state index in [2.05, 4.69) is 4.90 Å². The van der Waals surface area contributed by atoms with Crippen molar-refractivity contribution in [3.8, 4) is 5.75 Å². The Morgan fingerprint density at radius 3 is 2.55 bits per heavy atom. The molecular weight excluding hydrogens is 371 g/mol. The minimum absolute atomic E-state index is 0.116. The molecule has 0 aliphatic carbocycles. The molecule has 1 atom stereocenters. The Balaban J connectivity index is 1.64. The molecular formula is C23H29FN2O3. The lowest BCUT2D eigenvalue weighted by molar-refractivity contribution is 0.112. The standard InChI is InChI=1S/C23H29FN2O3/c1-25(23(27)28)20(14-17-6-4-3-5-7-17)16-26-12-10-18(11-13-26)21-15-19(24)8-9-22(21)29-2/h3-9,15,18,20H,10-14,16H2,1-2H3,(H,27,28)/t20-/m1/s1. The molecule has 0 aromatic heterocycles. The second kappa shape index (κ2) is 9.74. The molecule has 0 unspecified atom stereocenters. The van der Waals surface area contributed by atoms with Gasteiger partial charge in [0.2, 0.25) is 0 Å². The molecule has 1 aliphatic heterocycles. The summed E-state index contributed by atoms with van der Waals surface area (Å²) in [6.45, 7) is 2.39. The Morgan fingerprint density at radius 2 is 1.93 bits per heavy atom. The Kier molecular flexibility index (Phi) is 7.09. The lowest BCUT2D eigenvalue weighted by Crippen LogP contribution is -2.47. The minimum atomic E-state index is -0.912. The van der Waals surface area contributed by atoms with Crippen molar-refractivity contribution in [3.05, 3.63) is 65.5 Å². The SMILES string of the molecule is COc1ccc(F)cc1C1CCN(C[C@@H](Cc2ccccc2)N(C)C(=O)O)CC1. The fourth-order valence-electron chi connectivity index (χ4n) is 4.12. The number of carbonyl (C=O) groups is 1. The van der Waals surface area contributed by atoms with Crippen LogP contribution in [0.25, 0.3) is 0 Å². The van der Waals surface area contributed by atoms with Gasteiger partial charge in [0.15, 0.2) is 0 Å². The fraction of sp³-hybridized carbons (Fsp3) is 0.435. The van der Waals surface area contributed by atoms with E-state index < -0.39 is 6.09 Å². The van der Waals surface area contributed by atoms with E-state index in [1.54, 1.807) is 26.3 Å². The second-order valence-corrected chi connectivity index (χ2v) is 7.70. The number of halogens is 1. The number of carboxylic acid groups (broad SMARTS) is 1. The van der Waals surface area contributed by atoms with E-state index >= 15 is 0 Å². The van der Waals surface area contributed by atoms with Crippen LogP contribution >= 0.6 is 0 Å². The zero-order chi connectivity index (χ0) is 20.8. The molecule has 0 radical (unpaired) electrons. The molecule has 2 aromatic carbocycles. The topological polar surface area (TPSA) is 53.0 Å². The summed E-state index contributed by atoms with van der Waals surface area (Å²) >= 11 is 0. The van der Waals surface area contributed by atoms with Crippen LogP contribution in [0.4, 0.5) is 9.18 Å². The van der Waals surface area contributed by atoms with Crippen LogP contribution in [-0.4, -0.2) is 60.8 Å². The molecule has 1 saturated heterocycles. The molecule has 1 fully saturated rings. The Hall–Kier alpha value is -2.60. The molecule has 3 rings (SSSR count). The molecule has 1 N–H and O–H groups in total. The quantitative estimate of drug-likeness (QED) is 0.756. The minimum Gasteiger partial charge on any atom is -0.496 e. The van der Waals surface area contributed by atoms with Crippen LogP contribution in [0, 0.1) is 5.82 Å². The third kappa shape index (κ3) is 5.48. The van der Waals surface area contributed by atoms with Crippen molar-refractivity contribution in [2.75, 3.05) is 33.8 Å². The van der Waals surface area contributed by atoms with Crippen LogP contribution in [0.3, 0.4) is 0 Å². The van der Waals surface area contributed by atoms with Crippen LogP contribution in [0.1, 0.15) is 29.9 Å². The summed E-state index contributed by atoms with van der Waals surface area (Å²) in [5.74, 6) is 0.744. The van der Waals surface area contributed by atoms with E-state index in [0.29, 0.717) is 13.0 Å². The summed E-state index contributed by atoms with van der Waals surface area (Å²) in [5.41, 5.74) is 2.06. The molecule has 2 aromatic rings. The summed E-state index contributed by atoms with van der Waals surface area (Å²) in [6, 6.07) is 14.6. The van der Waals surface area contributed by atoms with E-state index in [9.17, 15) is 14.3 Å². The Bertz CT molecular complexity index is 807. The number of likely N-dealkylation sites (N-methyl/N-ethyl adjacent to an activating group) is 1. The number of amides is 1. The van der Waals surface area contributed by atoms with Gasteiger partial charge in [0.1, 0.15) is 11.6 Å². The highest BCUT2D eigenvalue weighted by Gasteiger charge is 2.27. The van der Waals surface area contributed by atoms with E-state index in [1.165, 1.54) is 11.0 Å². The van der Waals surface area contributed by atoms with Gasteiger partial charge in [0, 0.05) is 19.2 Å². The molecule has 0 bridgehead atoms. The number of methoxy groups -OCH3 is 1. The van der Waals surface area contributed by atoms with Gasteiger partial charge in [-0.2, -0.15) is 0 Å². The maximum atomic E-state index is 13.7. The number of likely N-dealkylation sites (tertiary alicyclic amines) is 1. The van der Waals surface area contributed by atoms with Crippen LogP contribution in [-0.2, 0) is 6.42 Å². The number of hydrogen-bond donors (Lipinski definition) is 1. The first kappa shape index (κ1) is 21.1. The van der Waals surface area contributed by atoms with Crippen LogP contribution in [0.5, 0.6) is 5.75 Å². The molecule has 0 saturated carbocycles. The smallest absolute Gasteiger partial charge is 0.407 e. The van der Waals surface area contributed by atoms with Crippen molar-refractivity contribution >= 4 is 6.09 Å². The van der Waals surface area contributed by atoms with Gasteiger partial charge in [-0.25, -0.2) is 9.18 Å². The summed E-state index contributed by atoms with van der Waals surface area (Å²) in [7, 11) is 3.25. The largest absolute Gasteiger partial charge is 0.496 e. The monoisotopic (exact) mass is 400 g/mol. The van der Waals surface area contributed by atoms with E-state index in [1.807, 2.05) is 30.3 Å². The molecule has 1 amide bonds. The van der Waals surface area contributed by atoms with Crippen molar-refractivity contribution in [2.45, 2.75) is 31.2 Å². The van der Waals surface area contributed by atoms with Crippen LogP contribution in [0.2, 0.25) is 0 Å². The maximum Gasteiger partial charge on any atom is 0.407 e. The highest BCUT2D eigenvalue weighted by molar-refractivity contribution is 5.65. The first-order valence-corrected chi connectivity index (χ1v) is 10.0. The van der Waals surface area contributed by atoms with E-state index in [-0.39, 0.29) is 17.8 Å². The Morgan fingerprint density at radius 1 is 1.24 bits per heavy atom. The zero-order valence-corrected chi connectivity index (χ0v) is 17.1. The third-order valence-corrected chi connectivity index (χ3v) is 5.85. The predicted octanol–water partition coefficient (Wildman–Crippen LogP) is 4.23. The van der Waals surface area contributed by atoms with Crippen LogP contribution in [0.15, 0.2) is 48.5 Å². The van der Waals surface area contributed by atoms with Gasteiger partial charge in [-0.1, -0.05) is 30.3 Å². The lowest BCUT2D eigenvalue weighted by atomic mass is 9.88. The first-order chi connectivity index (χ1) is 14.0. The van der Waals surface area contributed by atoms with Gasteiger partial charge < -0.3 is 19.6 Å². The molecule has 5 nitrogen and oxygen atoms in total. The molecule has 156 valence electrons. The van der Waals surface area contributed by atoms with Crippen LogP contribution < -0.4 is 4.74 Å². The van der Waals surface area contributed by atoms with Crippen molar-refractivity contribution in [1.29, 1.82) is 0 Å². The molecule has 6 heteroatoms. The average Bonchev–Trinajstić information content (AvgIpc) is 2.74. The summed E-state index contributed by atoms with van der Waals surface area (Å²) < 4.78 is 19.1. The van der Waals surface area contributed by atoms with Crippen molar-refractivity contribution < 1.29 is 19.0 Å². The van der Waals surface area contributed by atoms with Gasteiger partial charge in [-0.15, -0.1) is 0 Å². The molecule has 1 aliphatic rings. The molecule has 1 heterocycles. The number of rotatable bonds is 7. The summed E-state index contributed by atoms with van der Waals surface area (Å²) in [4.78, 5) is 15.3. The number of hydrogen-bond acceptors (Lipinski definition) is 3. The second-order valence-electron chi connectivity index (χ2n) is 7.70. The molecule has 0 spiro atoms. The fourth-order valence-corrected chi connectivity index (χ4v) is 4.12. The first-order valence-electron chi connectivity index (χ1n) is 10.0. The highest BCUT2D eigenvalue weighted by atomic mass is 19.1. The number of nitrogens with zero attached hydrogens (tertiary/aromatic N) is 2.